The first kappa shape index (κ1) is 19.4. The fourth-order valence-electron chi connectivity index (χ4n) is 2.46. The summed E-state index contributed by atoms with van der Waals surface area (Å²) in [4.78, 5) is 25.8. The summed E-state index contributed by atoms with van der Waals surface area (Å²) in [5.74, 6) is -0.246. The number of benzene rings is 2. The highest BCUT2D eigenvalue weighted by molar-refractivity contribution is 9.10. The van der Waals surface area contributed by atoms with Gasteiger partial charge in [0.05, 0.1) is 4.47 Å². The number of amides is 2. The normalized spacial score (nSPS) is 13.1. The average Bonchev–Trinajstić information content (AvgIpc) is 3.45. The number of ether oxygens (including phenoxy) is 1. The Bertz CT molecular complexity index is 838. The topological polar surface area (TPSA) is 58.6 Å². The van der Waals surface area contributed by atoms with Gasteiger partial charge in [0.25, 0.3) is 11.8 Å². The van der Waals surface area contributed by atoms with Crippen LogP contribution in [0.5, 0.6) is 5.75 Å². The highest BCUT2D eigenvalue weighted by atomic mass is 79.9. The van der Waals surface area contributed by atoms with E-state index in [2.05, 4.69) is 21.2 Å². The van der Waals surface area contributed by atoms with Crippen molar-refractivity contribution in [3.8, 4) is 5.75 Å². The molecule has 142 valence electrons. The first-order valence-corrected chi connectivity index (χ1v) is 9.43. The van der Waals surface area contributed by atoms with Crippen LogP contribution in [0.1, 0.15) is 28.8 Å². The van der Waals surface area contributed by atoms with Crippen LogP contribution in [0.15, 0.2) is 46.9 Å². The van der Waals surface area contributed by atoms with E-state index < -0.39 is 0 Å². The molecule has 1 aliphatic rings. The van der Waals surface area contributed by atoms with E-state index in [1.807, 2.05) is 12.1 Å². The molecule has 2 aromatic carbocycles. The van der Waals surface area contributed by atoms with Gasteiger partial charge in [-0.15, -0.1) is 0 Å². The first-order valence-electron chi connectivity index (χ1n) is 8.64. The molecule has 3 rings (SSSR count). The summed E-state index contributed by atoms with van der Waals surface area (Å²) in [7, 11) is 1.68. The van der Waals surface area contributed by atoms with Gasteiger partial charge in [0.2, 0.25) is 0 Å². The van der Waals surface area contributed by atoms with Crippen molar-refractivity contribution in [2.75, 3.05) is 13.7 Å². The van der Waals surface area contributed by atoms with Crippen LogP contribution in [-0.4, -0.2) is 36.4 Å². The SMILES string of the molecule is CN(Cc1ccc(C(=O)NC2CC2)cc1)C(=O)COc1ccc(F)cc1Br. The standard InChI is InChI=1S/C20H20BrFN2O3/c1-24(19(25)12-27-18-9-6-15(22)10-17(18)21)11-13-2-4-14(5-3-13)20(26)23-16-7-8-16/h2-6,9-10,16H,7-8,11-12H2,1H3,(H,23,26). The third-order valence-corrected chi connectivity index (χ3v) is 4.84. The lowest BCUT2D eigenvalue weighted by Crippen LogP contribution is -2.31. The predicted molar refractivity (Wildman–Crippen MR) is 103 cm³/mol. The van der Waals surface area contributed by atoms with Crippen LogP contribution < -0.4 is 10.1 Å². The van der Waals surface area contributed by atoms with Gasteiger partial charge in [-0.25, -0.2) is 4.39 Å². The van der Waals surface area contributed by atoms with Crippen LogP contribution in [0, 0.1) is 5.82 Å². The average molecular weight is 435 g/mol. The Morgan fingerprint density at radius 3 is 2.56 bits per heavy atom. The molecule has 1 N–H and O–H groups in total. The molecule has 0 spiro atoms. The molecule has 1 saturated carbocycles. The lowest BCUT2D eigenvalue weighted by Gasteiger charge is -2.18. The molecule has 0 unspecified atom stereocenters. The van der Waals surface area contributed by atoms with Crippen molar-refractivity contribution in [3.63, 3.8) is 0 Å². The summed E-state index contributed by atoms with van der Waals surface area (Å²) in [6.07, 6.45) is 2.10. The van der Waals surface area contributed by atoms with Gasteiger partial charge in [-0.3, -0.25) is 9.59 Å². The van der Waals surface area contributed by atoms with Gasteiger partial charge in [-0.1, -0.05) is 12.1 Å². The van der Waals surface area contributed by atoms with Crippen LogP contribution in [0.4, 0.5) is 4.39 Å². The second-order valence-electron chi connectivity index (χ2n) is 6.56. The summed E-state index contributed by atoms with van der Waals surface area (Å²) in [5, 5.41) is 2.94. The van der Waals surface area contributed by atoms with Gasteiger partial charge in [0.15, 0.2) is 6.61 Å². The first-order chi connectivity index (χ1) is 12.9. The van der Waals surface area contributed by atoms with Crippen molar-refractivity contribution < 1.29 is 18.7 Å². The summed E-state index contributed by atoms with van der Waals surface area (Å²) in [6.45, 7) is 0.250. The van der Waals surface area contributed by atoms with Crippen LogP contribution >= 0.6 is 15.9 Å². The Hall–Kier alpha value is -2.41. The molecule has 0 aromatic heterocycles. The van der Waals surface area contributed by atoms with E-state index in [1.54, 1.807) is 19.2 Å². The lowest BCUT2D eigenvalue weighted by atomic mass is 10.1. The molecule has 0 atom stereocenters. The highest BCUT2D eigenvalue weighted by Gasteiger charge is 2.23. The number of hydrogen-bond donors (Lipinski definition) is 1. The van der Waals surface area contributed by atoms with Gasteiger partial charge >= 0.3 is 0 Å². The maximum Gasteiger partial charge on any atom is 0.260 e. The molecule has 1 aliphatic carbocycles. The van der Waals surface area contributed by atoms with Gasteiger partial charge < -0.3 is 15.0 Å². The Morgan fingerprint density at radius 1 is 1.22 bits per heavy atom. The number of nitrogens with zero attached hydrogens (tertiary/aromatic N) is 1. The maximum atomic E-state index is 13.1. The molecule has 0 bridgehead atoms. The Kier molecular flexibility index (Phi) is 6.11. The number of hydrogen-bond acceptors (Lipinski definition) is 3. The number of nitrogens with one attached hydrogen (secondary N) is 1. The van der Waals surface area contributed by atoms with E-state index >= 15 is 0 Å². The van der Waals surface area contributed by atoms with Gasteiger partial charge in [0.1, 0.15) is 11.6 Å². The third kappa shape index (κ3) is 5.53. The number of carbonyl (C=O) groups is 2. The molecule has 0 radical (unpaired) electrons. The minimum Gasteiger partial charge on any atom is -0.483 e. The van der Waals surface area contributed by atoms with Crippen molar-refractivity contribution in [2.45, 2.75) is 25.4 Å². The molecular formula is C20H20BrFN2O3. The zero-order valence-electron chi connectivity index (χ0n) is 14.9. The molecular weight excluding hydrogens is 415 g/mol. The van der Waals surface area contributed by atoms with E-state index in [4.69, 9.17) is 4.74 Å². The summed E-state index contributed by atoms with van der Waals surface area (Å²) >= 11 is 3.20. The largest absolute Gasteiger partial charge is 0.483 e. The van der Waals surface area contributed by atoms with Gasteiger partial charge in [-0.2, -0.15) is 0 Å². The molecule has 27 heavy (non-hydrogen) atoms. The Morgan fingerprint density at radius 2 is 1.93 bits per heavy atom. The van der Waals surface area contributed by atoms with Crippen molar-refractivity contribution in [1.29, 1.82) is 0 Å². The van der Waals surface area contributed by atoms with Crippen molar-refractivity contribution >= 4 is 27.7 Å². The lowest BCUT2D eigenvalue weighted by molar-refractivity contribution is -0.132. The monoisotopic (exact) mass is 434 g/mol. The number of carbonyl (C=O) groups excluding carboxylic acids is 2. The van der Waals surface area contributed by atoms with E-state index in [-0.39, 0.29) is 24.2 Å². The summed E-state index contributed by atoms with van der Waals surface area (Å²) < 4.78 is 19.0. The number of halogens is 2. The molecule has 7 heteroatoms. The molecule has 2 amide bonds. The van der Waals surface area contributed by atoms with E-state index in [0.717, 1.165) is 18.4 Å². The summed E-state index contributed by atoms with van der Waals surface area (Å²) in [6, 6.07) is 11.5. The second-order valence-corrected chi connectivity index (χ2v) is 7.41. The zero-order chi connectivity index (χ0) is 19.4. The minimum atomic E-state index is -0.382. The molecule has 0 aliphatic heterocycles. The fourth-order valence-corrected chi connectivity index (χ4v) is 2.93. The molecule has 5 nitrogen and oxygen atoms in total. The van der Waals surface area contributed by atoms with Crippen LogP contribution in [0.3, 0.4) is 0 Å². The third-order valence-electron chi connectivity index (χ3n) is 4.22. The van der Waals surface area contributed by atoms with Crippen molar-refractivity contribution in [3.05, 3.63) is 63.9 Å². The number of likely N-dealkylation sites (N-methyl/N-ethyl adjacent to an activating group) is 1. The van der Waals surface area contributed by atoms with E-state index in [0.29, 0.717) is 28.4 Å². The zero-order valence-corrected chi connectivity index (χ0v) is 16.5. The van der Waals surface area contributed by atoms with Crippen LogP contribution in [-0.2, 0) is 11.3 Å². The van der Waals surface area contributed by atoms with Crippen molar-refractivity contribution in [1.82, 2.24) is 10.2 Å². The van der Waals surface area contributed by atoms with Gasteiger partial charge in [0, 0.05) is 25.2 Å². The smallest absolute Gasteiger partial charge is 0.260 e. The fraction of sp³-hybridized carbons (Fsp3) is 0.300. The molecule has 2 aromatic rings. The maximum absolute atomic E-state index is 13.1. The molecule has 0 saturated heterocycles. The van der Waals surface area contributed by atoms with Crippen LogP contribution in [0.25, 0.3) is 0 Å². The van der Waals surface area contributed by atoms with E-state index in [1.165, 1.54) is 23.1 Å². The van der Waals surface area contributed by atoms with Crippen LogP contribution in [0.2, 0.25) is 0 Å². The second kappa shape index (κ2) is 8.52. The quantitative estimate of drug-likeness (QED) is 0.724. The summed E-state index contributed by atoms with van der Waals surface area (Å²) in [5.41, 5.74) is 1.53. The number of rotatable bonds is 7. The van der Waals surface area contributed by atoms with E-state index in [9.17, 15) is 14.0 Å². The molecule has 0 heterocycles. The Labute approximate surface area is 165 Å². The predicted octanol–water partition coefficient (Wildman–Crippen LogP) is 3.52. The van der Waals surface area contributed by atoms with Gasteiger partial charge in [-0.05, 0) is 64.7 Å². The molecule has 1 fully saturated rings. The Balaban J connectivity index is 1.50. The highest BCUT2D eigenvalue weighted by Crippen LogP contribution is 2.25. The van der Waals surface area contributed by atoms with Crippen molar-refractivity contribution in [2.24, 2.45) is 0 Å². The minimum absolute atomic E-state index is 0.0632.